The van der Waals surface area contributed by atoms with E-state index < -0.39 is 0 Å². The first-order chi connectivity index (χ1) is 12.7. The average molecular weight is 364 g/mol. The molecule has 0 atom stereocenters. The van der Waals surface area contributed by atoms with Crippen LogP contribution in [0.2, 0.25) is 0 Å². The summed E-state index contributed by atoms with van der Waals surface area (Å²) < 4.78 is 11.0. The molecule has 0 saturated carbocycles. The van der Waals surface area contributed by atoms with E-state index in [1.165, 1.54) is 17.3 Å². The van der Waals surface area contributed by atoms with Crippen molar-refractivity contribution in [2.75, 3.05) is 0 Å². The van der Waals surface area contributed by atoms with Crippen LogP contribution in [0.15, 0.2) is 62.7 Å². The van der Waals surface area contributed by atoms with E-state index in [-0.39, 0.29) is 0 Å². The second-order valence-corrected chi connectivity index (χ2v) is 6.84. The SMILES string of the molecule is Cc1ccc(-c2nnc(SCc3noc(-c4cccc(C)c4)n3)o2)cc1. The minimum absolute atomic E-state index is 0.475. The molecule has 0 saturated heterocycles. The van der Waals surface area contributed by atoms with Gasteiger partial charge >= 0.3 is 0 Å². The number of benzene rings is 2. The molecule has 4 rings (SSSR count). The highest BCUT2D eigenvalue weighted by atomic mass is 32.2. The van der Waals surface area contributed by atoms with Crippen LogP contribution in [-0.2, 0) is 5.75 Å². The Balaban J connectivity index is 1.43. The van der Waals surface area contributed by atoms with Crippen LogP contribution in [0.1, 0.15) is 17.0 Å². The van der Waals surface area contributed by atoms with Crippen molar-refractivity contribution in [3.8, 4) is 22.9 Å². The van der Waals surface area contributed by atoms with Gasteiger partial charge in [-0.2, -0.15) is 4.98 Å². The Labute approximate surface area is 154 Å². The Bertz CT molecular complexity index is 1020. The van der Waals surface area contributed by atoms with Crippen molar-refractivity contribution in [2.24, 2.45) is 0 Å². The molecule has 130 valence electrons. The van der Waals surface area contributed by atoms with Gasteiger partial charge in [-0.1, -0.05) is 52.3 Å². The van der Waals surface area contributed by atoms with E-state index in [4.69, 9.17) is 8.94 Å². The molecule has 0 aliphatic carbocycles. The predicted molar refractivity (Wildman–Crippen MR) is 98.5 cm³/mol. The number of aryl methyl sites for hydroxylation is 2. The summed E-state index contributed by atoms with van der Waals surface area (Å²) in [6.45, 7) is 4.06. The van der Waals surface area contributed by atoms with Crippen LogP contribution in [-0.4, -0.2) is 20.3 Å². The fraction of sp³-hybridized carbons (Fsp3) is 0.158. The van der Waals surface area contributed by atoms with Gasteiger partial charge in [0.1, 0.15) is 0 Å². The van der Waals surface area contributed by atoms with Crippen molar-refractivity contribution in [2.45, 2.75) is 24.8 Å². The second-order valence-electron chi connectivity index (χ2n) is 5.91. The quantitative estimate of drug-likeness (QED) is 0.475. The maximum absolute atomic E-state index is 5.69. The number of thioether (sulfide) groups is 1. The van der Waals surface area contributed by atoms with Gasteiger partial charge in [0.2, 0.25) is 5.89 Å². The number of rotatable bonds is 5. The van der Waals surface area contributed by atoms with Crippen LogP contribution in [0, 0.1) is 13.8 Å². The summed E-state index contributed by atoms with van der Waals surface area (Å²) in [6.07, 6.45) is 0. The zero-order valence-corrected chi connectivity index (χ0v) is 15.2. The molecule has 0 N–H and O–H groups in total. The van der Waals surface area contributed by atoms with Gasteiger partial charge in [0, 0.05) is 11.1 Å². The molecule has 0 unspecified atom stereocenters. The van der Waals surface area contributed by atoms with Gasteiger partial charge in [-0.05, 0) is 38.1 Å². The van der Waals surface area contributed by atoms with E-state index in [1.54, 1.807) is 0 Å². The molecule has 2 heterocycles. The first kappa shape index (κ1) is 16.5. The molecule has 26 heavy (non-hydrogen) atoms. The summed E-state index contributed by atoms with van der Waals surface area (Å²) in [6, 6.07) is 15.9. The van der Waals surface area contributed by atoms with Crippen LogP contribution in [0.5, 0.6) is 0 Å². The molecule has 2 aromatic heterocycles. The van der Waals surface area contributed by atoms with Crippen molar-refractivity contribution < 1.29 is 8.94 Å². The van der Waals surface area contributed by atoms with Crippen molar-refractivity contribution in [1.82, 2.24) is 20.3 Å². The third-order valence-corrected chi connectivity index (χ3v) is 4.58. The predicted octanol–water partition coefficient (Wildman–Crippen LogP) is 4.70. The van der Waals surface area contributed by atoms with Gasteiger partial charge < -0.3 is 8.94 Å². The van der Waals surface area contributed by atoms with Gasteiger partial charge in [-0.3, -0.25) is 0 Å². The molecule has 6 nitrogen and oxygen atoms in total. The van der Waals surface area contributed by atoms with Gasteiger partial charge in [-0.15, -0.1) is 10.2 Å². The largest absolute Gasteiger partial charge is 0.411 e. The number of hydrogen-bond donors (Lipinski definition) is 0. The summed E-state index contributed by atoms with van der Waals surface area (Å²) in [7, 11) is 0. The normalized spacial score (nSPS) is 11.0. The molecule has 2 aromatic carbocycles. The van der Waals surface area contributed by atoms with Crippen molar-refractivity contribution >= 4 is 11.8 Å². The molecule has 0 fully saturated rings. The fourth-order valence-corrected chi connectivity index (χ4v) is 3.02. The zero-order valence-electron chi connectivity index (χ0n) is 14.3. The Hall–Kier alpha value is -2.93. The Morgan fingerprint density at radius 1 is 0.885 bits per heavy atom. The summed E-state index contributed by atoms with van der Waals surface area (Å²) in [5, 5.41) is 12.6. The zero-order chi connectivity index (χ0) is 17.9. The molecule has 0 bridgehead atoms. The first-order valence-electron chi connectivity index (χ1n) is 8.10. The summed E-state index contributed by atoms with van der Waals surface area (Å²) in [4.78, 5) is 4.42. The second kappa shape index (κ2) is 7.13. The monoisotopic (exact) mass is 364 g/mol. The highest BCUT2D eigenvalue weighted by molar-refractivity contribution is 7.98. The minimum atomic E-state index is 0.475. The van der Waals surface area contributed by atoms with Gasteiger partial charge in [0.25, 0.3) is 11.1 Å². The van der Waals surface area contributed by atoms with Crippen LogP contribution in [0.25, 0.3) is 22.9 Å². The highest BCUT2D eigenvalue weighted by Gasteiger charge is 2.13. The molecule has 0 amide bonds. The lowest BCUT2D eigenvalue weighted by Gasteiger charge is -1.95. The molecule has 0 spiro atoms. The molecule has 0 aliphatic rings. The average Bonchev–Trinajstić information content (AvgIpc) is 3.30. The van der Waals surface area contributed by atoms with Crippen molar-refractivity contribution in [3.63, 3.8) is 0 Å². The molecule has 4 aromatic rings. The van der Waals surface area contributed by atoms with E-state index >= 15 is 0 Å². The lowest BCUT2D eigenvalue weighted by molar-refractivity contribution is 0.425. The Morgan fingerprint density at radius 3 is 2.54 bits per heavy atom. The molecular weight excluding hydrogens is 348 g/mol. The maximum Gasteiger partial charge on any atom is 0.277 e. The van der Waals surface area contributed by atoms with Crippen LogP contribution >= 0.6 is 11.8 Å². The van der Waals surface area contributed by atoms with Gasteiger partial charge in [0.15, 0.2) is 5.82 Å². The standard InChI is InChI=1S/C19H16N4O2S/c1-12-6-8-14(9-7-12)18-21-22-19(24-18)26-11-16-20-17(25-23-16)15-5-3-4-13(2)10-15/h3-10H,11H2,1-2H3. The third kappa shape index (κ3) is 3.67. The van der Waals surface area contributed by atoms with E-state index in [0.717, 1.165) is 16.7 Å². The Morgan fingerprint density at radius 2 is 1.73 bits per heavy atom. The molecule has 0 aliphatic heterocycles. The van der Waals surface area contributed by atoms with Crippen molar-refractivity contribution in [1.29, 1.82) is 0 Å². The third-order valence-electron chi connectivity index (χ3n) is 3.76. The number of hydrogen-bond acceptors (Lipinski definition) is 7. The summed E-state index contributed by atoms with van der Waals surface area (Å²) in [5.41, 5.74) is 4.14. The van der Waals surface area contributed by atoms with E-state index in [2.05, 4.69) is 20.3 Å². The van der Waals surface area contributed by atoms with E-state index in [9.17, 15) is 0 Å². The minimum Gasteiger partial charge on any atom is -0.411 e. The molecule has 0 radical (unpaired) electrons. The fourth-order valence-electron chi connectivity index (χ4n) is 2.42. The lowest BCUT2D eigenvalue weighted by Crippen LogP contribution is -1.84. The molecular formula is C19H16N4O2S. The lowest BCUT2D eigenvalue weighted by atomic mass is 10.1. The van der Waals surface area contributed by atoms with Gasteiger partial charge in [-0.25, -0.2) is 0 Å². The summed E-state index contributed by atoms with van der Waals surface area (Å²) in [5.74, 6) is 2.09. The van der Waals surface area contributed by atoms with Crippen LogP contribution in [0.4, 0.5) is 0 Å². The maximum atomic E-state index is 5.69. The first-order valence-corrected chi connectivity index (χ1v) is 9.09. The smallest absolute Gasteiger partial charge is 0.277 e. The number of nitrogens with zero attached hydrogens (tertiary/aromatic N) is 4. The number of aromatic nitrogens is 4. The highest BCUT2D eigenvalue weighted by Crippen LogP contribution is 2.26. The summed E-state index contributed by atoms with van der Waals surface area (Å²) >= 11 is 1.38. The molecule has 7 heteroatoms. The van der Waals surface area contributed by atoms with E-state index in [0.29, 0.717) is 28.6 Å². The van der Waals surface area contributed by atoms with Crippen molar-refractivity contribution in [3.05, 3.63) is 65.5 Å². The van der Waals surface area contributed by atoms with E-state index in [1.807, 2.05) is 62.4 Å². The topological polar surface area (TPSA) is 77.8 Å². The van der Waals surface area contributed by atoms with Crippen LogP contribution in [0.3, 0.4) is 0 Å². The van der Waals surface area contributed by atoms with Gasteiger partial charge in [0.05, 0.1) is 5.75 Å². The Kier molecular flexibility index (Phi) is 4.53. The van der Waals surface area contributed by atoms with Crippen LogP contribution < -0.4 is 0 Å².